The van der Waals surface area contributed by atoms with Gasteiger partial charge < -0.3 is 5.43 Å². The van der Waals surface area contributed by atoms with Crippen molar-refractivity contribution in [3.63, 3.8) is 0 Å². The highest BCUT2D eigenvalue weighted by atomic mass is 15.4. The minimum Gasteiger partial charge on any atom is -0.321 e. The van der Waals surface area contributed by atoms with Gasteiger partial charge in [0.25, 0.3) is 0 Å². The number of benzene rings is 1. The molecule has 0 bridgehead atoms. The molecule has 0 aromatic heterocycles. The second kappa shape index (κ2) is 6.39. The molecule has 1 aromatic carbocycles. The summed E-state index contributed by atoms with van der Waals surface area (Å²) in [6.07, 6.45) is 10.8. The summed E-state index contributed by atoms with van der Waals surface area (Å²) in [4.78, 5) is 0. The lowest BCUT2D eigenvalue weighted by Crippen LogP contribution is -2.59. The van der Waals surface area contributed by atoms with E-state index in [2.05, 4.69) is 49.0 Å². The first-order chi connectivity index (χ1) is 10.3. The number of unbranched alkanes of at least 4 members (excludes halogenated alkanes) is 2. The van der Waals surface area contributed by atoms with Crippen LogP contribution in [0.2, 0.25) is 0 Å². The topological polar surface area (TPSA) is 24.1 Å². The number of para-hydroxylation sites is 1. The first-order valence-corrected chi connectivity index (χ1v) is 8.90. The second-order valence-electron chi connectivity index (χ2n) is 7.05. The van der Waals surface area contributed by atoms with E-state index in [1.54, 1.807) is 5.56 Å². The number of rotatable bonds is 5. The second-order valence-corrected chi connectivity index (χ2v) is 7.05. The Morgan fingerprint density at radius 1 is 1.24 bits per heavy atom. The first-order valence-electron chi connectivity index (χ1n) is 8.90. The van der Waals surface area contributed by atoms with E-state index in [1.165, 1.54) is 57.1 Å². The summed E-state index contributed by atoms with van der Waals surface area (Å²) in [6.45, 7) is 4.80. The summed E-state index contributed by atoms with van der Waals surface area (Å²) in [5, 5.41) is 0. The van der Waals surface area contributed by atoms with Gasteiger partial charge in [-0.2, -0.15) is 0 Å². The average Bonchev–Trinajstić information content (AvgIpc) is 2.54. The van der Waals surface area contributed by atoms with E-state index in [9.17, 15) is 0 Å². The molecule has 2 N–H and O–H groups in total. The standard InChI is InChI=1S/C19H30N2/c1-3-4-5-10-15(2)19-14-9-8-13-18(19)21-20-17-12-7-6-11-16(17)19/h6-7,11-12,15,18,20-21H,3-5,8-10,13-14H2,1-2H3. The van der Waals surface area contributed by atoms with Gasteiger partial charge in [0.2, 0.25) is 0 Å². The molecule has 1 aliphatic carbocycles. The molecule has 3 unspecified atom stereocenters. The van der Waals surface area contributed by atoms with Crippen LogP contribution in [0.25, 0.3) is 0 Å². The SMILES string of the molecule is CCCCCC(C)C12CCCCC1NNc1ccccc12. The van der Waals surface area contributed by atoms with E-state index in [0.29, 0.717) is 11.5 Å². The summed E-state index contributed by atoms with van der Waals surface area (Å²) in [6, 6.07) is 9.56. The van der Waals surface area contributed by atoms with Gasteiger partial charge in [0.15, 0.2) is 0 Å². The summed E-state index contributed by atoms with van der Waals surface area (Å²) < 4.78 is 0. The normalized spacial score (nSPS) is 29.1. The van der Waals surface area contributed by atoms with Crippen LogP contribution in [0.15, 0.2) is 24.3 Å². The Hall–Kier alpha value is -1.02. The minimum absolute atomic E-state index is 0.341. The van der Waals surface area contributed by atoms with Gasteiger partial charge in [-0.05, 0) is 36.8 Å². The van der Waals surface area contributed by atoms with Gasteiger partial charge in [-0.15, -0.1) is 0 Å². The quantitative estimate of drug-likeness (QED) is 0.743. The highest BCUT2D eigenvalue weighted by Crippen LogP contribution is 2.50. The highest BCUT2D eigenvalue weighted by Gasteiger charge is 2.48. The Morgan fingerprint density at radius 3 is 2.95 bits per heavy atom. The maximum Gasteiger partial charge on any atom is 0.0526 e. The van der Waals surface area contributed by atoms with Crippen LogP contribution in [-0.2, 0) is 5.41 Å². The van der Waals surface area contributed by atoms with Crippen molar-refractivity contribution < 1.29 is 0 Å². The number of nitrogens with one attached hydrogen (secondary N) is 2. The monoisotopic (exact) mass is 286 g/mol. The zero-order valence-corrected chi connectivity index (χ0v) is 13.6. The van der Waals surface area contributed by atoms with Gasteiger partial charge >= 0.3 is 0 Å². The van der Waals surface area contributed by atoms with E-state index in [4.69, 9.17) is 0 Å². The molecule has 0 spiro atoms. The van der Waals surface area contributed by atoms with Crippen molar-refractivity contribution >= 4 is 5.69 Å². The smallest absolute Gasteiger partial charge is 0.0526 e. The van der Waals surface area contributed by atoms with Crippen molar-refractivity contribution in [1.82, 2.24) is 5.43 Å². The Kier molecular flexibility index (Phi) is 4.54. The number of anilines is 1. The van der Waals surface area contributed by atoms with E-state index in [1.807, 2.05) is 0 Å². The van der Waals surface area contributed by atoms with Gasteiger partial charge in [-0.3, -0.25) is 0 Å². The molecule has 116 valence electrons. The molecule has 1 heterocycles. The van der Waals surface area contributed by atoms with E-state index < -0.39 is 0 Å². The van der Waals surface area contributed by atoms with Crippen molar-refractivity contribution in [3.05, 3.63) is 29.8 Å². The maximum atomic E-state index is 3.64. The molecule has 0 radical (unpaired) electrons. The van der Waals surface area contributed by atoms with Crippen LogP contribution in [0.1, 0.15) is 70.8 Å². The van der Waals surface area contributed by atoms with Crippen molar-refractivity contribution in [2.75, 3.05) is 5.43 Å². The maximum absolute atomic E-state index is 3.64. The molecule has 0 saturated heterocycles. The number of hydrazine groups is 1. The van der Waals surface area contributed by atoms with Crippen molar-refractivity contribution in [3.8, 4) is 0 Å². The van der Waals surface area contributed by atoms with Gasteiger partial charge in [-0.1, -0.05) is 64.2 Å². The third kappa shape index (κ3) is 2.59. The van der Waals surface area contributed by atoms with Gasteiger partial charge in [-0.25, -0.2) is 5.43 Å². The van der Waals surface area contributed by atoms with Crippen LogP contribution >= 0.6 is 0 Å². The molecule has 3 atom stereocenters. The van der Waals surface area contributed by atoms with Crippen LogP contribution in [-0.4, -0.2) is 6.04 Å². The van der Waals surface area contributed by atoms with Gasteiger partial charge in [0.1, 0.15) is 0 Å². The van der Waals surface area contributed by atoms with Crippen molar-refractivity contribution in [1.29, 1.82) is 0 Å². The zero-order valence-electron chi connectivity index (χ0n) is 13.6. The fraction of sp³-hybridized carbons (Fsp3) is 0.684. The Balaban J connectivity index is 1.93. The molecule has 1 fully saturated rings. The lowest BCUT2D eigenvalue weighted by Gasteiger charge is -2.52. The summed E-state index contributed by atoms with van der Waals surface area (Å²) in [5.74, 6) is 0.755. The minimum atomic E-state index is 0.341. The Bertz CT molecular complexity index is 470. The van der Waals surface area contributed by atoms with Crippen LogP contribution < -0.4 is 10.9 Å². The van der Waals surface area contributed by atoms with Crippen LogP contribution in [0.3, 0.4) is 0 Å². The van der Waals surface area contributed by atoms with Gasteiger partial charge in [0, 0.05) is 11.5 Å². The third-order valence-corrected chi connectivity index (χ3v) is 5.88. The molecule has 21 heavy (non-hydrogen) atoms. The predicted octanol–water partition coefficient (Wildman–Crippen LogP) is 5.01. The van der Waals surface area contributed by atoms with E-state index >= 15 is 0 Å². The average molecular weight is 286 g/mol. The third-order valence-electron chi connectivity index (χ3n) is 5.88. The van der Waals surface area contributed by atoms with Crippen molar-refractivity contribution in [2.24, 2.45) is 5.92 Å². The molecule has 2 nitrogen and oxygen atoms in total. The molecule has 1 aromatic rings. The van der Waals surface area contributed by atoms with Crippen LogP contribution in [0.5, 0.6) is 0 Å². The summed E-state index contributed by atoms with van der Waals surface area (Å²) in [7, 11) is 0. The van der Waals surface area contributed by atoms with Crippen LogP contribution in [0.4, 0.5) is 5.69 Å². The highest BCUT2D eigenvalue weighted by molar-refractivity contribution is 5.57. The predicted molar refractivity (Wildman–Crippen MR) is 90.4 cm³/mol. The first kappa shape index (κ1) is 14.9. The van der Waals surface area contributed by atoms with Crippen molar-refractivity contribution in [2.45, 2.75) is 76.7 Å². The van der Waals surface area contributed by atoms with E-state index in [0.717, 1.165) is 5.92 Å². The molecule has 1 saturated carbocycles. The van der Waals surface area contributed by atoms with E-state index in [-0.39, 0.29) is 0 Å². The Morgan fingerprint density at radius 2 is 2.10 bits per heavy atom. The lowest BCUT2D eigenvalue weighted by molar-refractivity contribution is 0.134. The molecule has 2 heteroatoms. The molecular weight excluding hydrogens is 256 g/mol. The molecule has 0 amide bonds. The number of fused-ring (bicyclic) bond motifs is 3. The lowest BCUT2D eigenvalue weighted by atomic mass is 9.58. The molecular formula is C19H30N2. The van der Waals surface area contributed by atoms with Gasteiger partial charge in [0.05, 0.1) is 5.69 Å². The number of hydrogen-bond donors (Lipinski definition) is 2. The summed E-state index contributed by atoms with van der Waals surface area (Å²) >= 11 is 0. The fourth-order valence-corrected chi connectivity index (χ4v) is 4.70. The number of hydrogen-bond acceptors (Lipinski definition) is 2. The molecule has 3 rings (SSSR count). The largest absolute Gasteiger partial charge is 0.321 e. The summed E-state index contributed by atoms with van der Waals surface area (Å²) in [5.41, 5.74) is 10.3. The Labute approximate surface area is 129 Å². The zero-order chi connectivity index (χ0) is 14.7. The fourth-order valence-electron chi connectivity index (χ4n) is 4.70. The molecule has 2 aliphatic rings. The molecule has 1 aliphatic heterocycles. The van der Waals surface area contributed by atoms with Crippen LogP contribution in [0, 0.1) is 5.92 Å².